The SMILES string of the molecule is CN.CNCC(=O)OCc1cccnc1N(C)C(=O)OC(C)[n+]1cnn(CC(c2cc(F)ccc2F)C(C)C2NC(c3ccc(C=O)cc3)=CS2)c1.CO. The Morgan fingerprint density at radius 2 is 1.89 bits per heavy atom. The summed E-state index contributed by atoms with van der Waals surface area (Å²) >= 11 is 1.54. The van der Waals surface area contributed by atoms with Crippen LogP contribution in [0.4, 0.5) is 19.4 Å². The van der Waals surface area contributed by atoms with Crippen LogP contribution in [-0.2, 0) is 27.4 Å². The molecule has 290 valence electrons. The van der Waals surface area contributed by atoms with Crippen molar-refractivity contribution in [1.29, 1.82) is 0 Å². The minimum Gasteiger partial charge on any atom is -0.460 e. The number of carbonyl (C=O) groups is 3. The molecule has 4 unspecified atom stereocenters. The fourth-order valence-electron chi connectivity index (χ4n) is 5.46. The third kappa shape index (κ3) is 11.4. The number of hydrogen-bond donors (Lipinski definition) is 4. The van der Waals surface area contributed by atoms with E-state index < -0.39 is 35.8 Å². The first kappa shape index (κ1) is 43.2. The number of pyridine rings is 1. The third-order valence-corrected chi connectivity index (χ3v) is 9.51. The van der Waals surface area contributed by atoms with Gasteiger partial charge in [-0.05, 0) is 60.8 Å². The van der Waals surface area contributed by atoms with E-state index in [0.717, 1.165) is 36.8 Å². The van der Waals surface area contributed by atoms with E-state index in [-0.39, 0.29) is 42.4 Å². The summed E-state index contributed by atoms with van der Waals surface area (Å²) in [5.41, 5.74) is 7.58. The number of anilines is 1. The van der Waals surface area contributed by atoms with Crippen molar-refractivity contribution in [2.45, 2.75) is 44.5 Å². The Kier molecular flexibility index (Phi) is 17.2. The van der Waals surface area contributed by atoms with Crippen LogP contribution in [0.3, 0.4) is 0 Å². The zero-order valence-electron chi connectivity index (χ0n) is 31.0. The van der Waals surface area contributed by atoms with E-state index in [2.05, 4.69) is 26.4 Å². The quantitative estimate of drug-likeness (QED) is 0.0826. The van der Waals surface area contributed by atoms with Crippen molar-refractivity contribution in [3.05, 3.63) is 113 Å². The molecule has 5 N–H and O–H groups in total. The normalized spacial score (nSPS) is 14.8. The van der Waals surface area contributed by atoms with Crippen LogP contribution >= 0.6 is 11.8 Å². The van der Waals surface area contributed by atoms with E-state index in [4.69, 9.17) is 14.6 Å². The average Bonchev–Trinajstić information content (AvgIpc) is 3.89. The maximum atomic E-state index is 15.3. The highest BCUT2D eigenvalue weighted by atomic mass is 32.2. The number of amides is 1. The molecule has 4 aromatic rings. The summed E-state index contributed by atoms with van der Waals surface area (Å²) in [5.74, 6) is -1.99. The van der Waals surface area contributed by atoms with Gasteiger partial charge in [-0.2, -0.15) is 4.57 Å². The van der Waals surface area contributed by atoms with E-state index in [1.54, 1.807) is 65.6 Å². The van der Waals surface area contributed by atoms with Crippen LogP contribution in [0.2, 0.25) is 0 Å². The van der Waals surface area contributed by atoms with E-state index in [9.17, 15) is 18.8 Å². The Morgan fingerprint density at radius 3 is 2.57 bits per heavy atom. The van der Waals surface area contributed by atoms with E-state index in [1.165, 1.54) is 37.6 Å². The first-order chi connectivity index (χ1) is 26.1. The average molecular weight is 770 g/mol. The highest BCUT2D eigenvalue weighted by Gasteiger charge is 2.34. The Labute approximate surface area is 317 Å². The Morgan fingerprint density at radius 1 is 1.17 bits per heavy atom. The maximum Gasteiger partial charge on any atom is 0.418 e. The fraction of sp³-hybridized carbons (Fsp3) is 0.351. The topological polar surface area (TPSA) is 178 Å². The molecule has 54 heavy (non-hydrogen) atoms. The molecule has 3 heterocycles. The molecule has 14 nitrogen and oxygen atoms in total. The number of esters is 1. The van der Waals surface area contributed by atoms with E-state index in [1.807, 2.05) is 24.5 Å². The molecule has 2 aromatic heterocycles. The van der Waals surface area contributed by atoms with Crippen LogP contribution in [-0.4, -0.2) is 78.4 Å². The number of likely N-dealkylation sites (N-methyl/N-ethyl adjacent to an activating group) is 1. The number of aliphatic hydroxyl groups is 1. The van der Waals surface area contributed by atoms with Gasteiger partial charge in [0.15, 0.2) is 0 Å². The zero-order chi connectivity index (χ0) is 39.8. The number of hydrogen-bond acceptors (Lipinski definition) is 12. The number of aldehydes is 1. The Hall–Kier alpha value is -5.23. The lowest BCUT2D eigenvalue weighted by atomic mass is 9.86. The molecule has 4 atom stereocenters. The van der Waals surface area contributed by atoms with Crippen LogP contribution in [0.25, 0.3) is 5.70 Å². The lowest BCUT2D eigenvalue weighted by Gasteiger charge is -2.28. The minimum atomic E-state index is -0.800. The lowest BCUT2D eigenvalue weighted by molar-refractivity contribution is -0.753. The second-order valence-electron chi connectivity index (χ2n) is 11.7. The smallest absolute Gasteiger partial charge is 0.418 e. The van der Waals surface area contributed by atoms with Gasteiger partial charge in [0.05, 0.1) is 11.9 Å². The number of nitrogens with zero attached hydrogens (tertiary/aromatic N) is 5. The summed E-state index contributed by atoms with van der Waals surface area (Å²) in [5, 5.41) is 19.5. The van der Waals surface area contributed by atoms with Gasteiger partial charge in [0.2, 0.25) is 12.6 Å². The molecular weight excluding hydrogens is 723 g/mol. The number of thioether (sulfide) groups is 1. The highest BCUT2D eigenvalue weighted by molar-refractivity contribution is 8.03. The van der Waals surface area contributed by atoms with E-state index >= 15 is 4.39 Å². The molecule has 1 amide bonds. The molecule has 0 radical (unpaired) electrons. The van der Waals surface area contributed by atoms with Gasteiger partial charge in [0.1, 0.15) is 36.9 Å². The number of ether oxygens (including phenoxy) is 2. The van der Waals surface area contributed by atoms with Gasteiger partial charge >= 0.3 is 12.1 Å². The predicted molar refractivity (Wildman–Crippen MR) is 201 cm³/mol. The van der Waals surface area contributed by atoms with Gasteiger partial charge in [-0.25, -0.2) is 18.6 Å². The van der Waals surface area contributed by atoms with Crippen LogP contribution in [0.15, 0.2) is 78.9 Å². The molecule has 1 aliphatic rings. The Balaban J connectivity index is 0.00000190. The number of aromatic nitrogens is 4. The maximum absolute atomic E-state index is 15.3. The van der Waals surface area contributed by atoms with Gasteiger partial charge in [-0.1, -0.05) is 37.3 Å². The predicted octanol–water partition coefficient (Wildman–Crippen LogP) is 3.97. The number of rotatable bonds is 14. The molecule has 0 spiro atoms. The van der Waals surface area contributed by atoms with Crippen LogP contribution in [0.5, 0.6) is 0 Å². The summed E-state index contributed by atoms with van der Waals surface area (Å²) in [6.45, 7) is 3.79. The van der Waals surface area contributed by atoms with Gasteiger partial charge in [-0.3, -0.25) is 14.5 Å². The number of aliphatic hydroxyl groups excluding tert-OH is 1. The molecule has 0 aliphatic carbocycles. The highest BCUT2D eigenvalue weighted by Crippen LogP contribution is 2.39. The van der Waals surface area contributed by atoms with Crippen LogP contribution in [0.1, 0.15) is 53.0 Å². The fourth-order valence-corrected chi connectivity index (χ4v) is 6.58. The Bertz CT molecular complexity index is 1860. The molecule has 5 rings (SSSR count). The van der Waals surface area contributed by atoms with Gasteiger partial charge in [0.25, 0.3) is 6.33 Å². The van der Waals surface area contributed by atoms with Crippen molar-refractivity contribution in [3.63, 3.8) is 0 Å². The van der Waals surface area contributed by atoms with Crippen molar-refractivity contribution in [2.24, 2.45) is 11.7 Å². The molecular formula is C37H47F2N8O6S+. The van der Waals surface area contributed by atoms with Crippen molar-refractivity contribution in [2.75, 3.05) is 39.7 Å². The second kappa shape index (κ2) is 21.5. The summed E-state index contributed by atoms with van der Waals surface area (Å²) < 4.78 is 43.8. The summed E-state index contributed by atoms with van der Waals surface area (Å²) in [6.07, 6.45) is 3.91. The summed E-state index contributed by atoms with van der Waals surface area (Å²) in [7, 11) is 5.63. The standard InChI is InChI=1S/C35H38F2N7O5S.CH5N.CH4O/c1-22(34-41-31(19-50-34)25-9-7-24(17-45)8-10-25)29(28-14-27(36)11-12-30(28)37)16-44-21-43(20-40-44)23(2)49-35(47)42(4)33-26(6-5-13-39-33)18-48-32(46)15-38-3;2*1-2/h5-14,17,19-23,29,34,38,41H,15-16,18H2,1-4H3;2H2,1H3;2H,1H3/q+1;;. The minimum absolute atomic E-state index is 0.0421. The molecule has 1 aliphatic heterocycles. The number of nitrogens with two attached hydrogens (primary N) is 1. The number of halogens is 2. The van der Waals surface area contributed by atoms with Crippen LogP contribution in [0, 0.1) is 17.6 Å². The summed E-state index contributed by atoms with van der Waals surface area (Å²) in [4.78, 5) is 41.6. The number of nitrogens with one attached hydrogen (secondary N) is 2. The largest absolute Gasteiger partial charge is 0.460 e. The first-order valence-electron chi connectivity index (χ1n) is 16.8. The monoisotopic (exact) mass is 769 g/mol. The van der Waals surface area contributed by atoms with Crippen LogP contribution < -0.4 is 25.8 Å². The summed E-state index contributed by atoms with van der Waals surface area (Å²) in [6, 6.07) is 14.0. The third-order valence-electron chi connectivity index (χ3n) is 8.30. The molecule has 0 fully saturated rings. The van der Waals surface area contributed by atoms with Crippen molar-refractivity contribution in [3.8, 4) is 0 Å². The number of benzene rings is 2. The van der Waals surface area contributed by atoms with Crippen molar-refractivity contribution >= 4 is 41.6 Å². The number of carbonyl (C=O) groups excluding carboxylic acids is 3. The zero-order valence-corrected chi connectivity index (χ0v) is 31.8. The molecule has 2 aromatic carbocycles. The van der Waals surface area contributed by atoms with Crippen molar-refractivity contribution < 1.29 is 42.3 Å². The van der Waals surface area contributed by atoms with Crippen molar-refractivity contribution in [1.82, 2.24) is 25.4 Å². The lowest BCUT2D eigenvalue weighted by Crippen LogP contribution is -2.41. The van der Waals surface area contributed by atoms with E-state index in [0.29, 0.717) is 11.1 Å². The molecule has 17 heteroatoms. The van der Waals surface area contributed by atoms with Gasteiger partial charge in [0, 0.05) is 55.1 Å². The van der Waals surface area contributed by atoms with Gasteiger partial charge in [-0.15, -0.1) is 16.4 Å². The second-order valence-corrected chi connectivity index (χ2v) is 12.8. The molecule has 0 saturated carbocycles. The first-order valence-corrected chi connectivity index (χ1v) is 17.8. The van der Waals surface area contributed by atoms with Gasteiger partial charge < -0.3 is 30.9 Å². The molecule has 0 saturated heterocycles. The molecule has 0 bridgehead atoms.